The Morgan fingerprint density at radius 3 is 2.30 bits per heavy atom. The number of rotatable bonds is 6. The van der Waals surface area contributed by atoms with E-state index in [-0.39, 0.29) is 0 Å². The fraction of sp³-hybridized carbons (Fsp3) is 0.522. The van der Waals surface area contributed by atoms with Gasteiger partial charge in [-0.3, -0.25) is 4.90 Å². The maximum absolute atomic E-state index is 4.40. The molecule has 1 saturated heterocycles. The summed E-state index contributed by atoms with van der Waals surface area (Å²) in [5, 5.41) is 3.60. The third-order valence-corrected chi connectivity index (χ3v) is 6.21. The van der Waals surface area contributed by atoms with Crippen LogP contribution in [0.1, 0.15) is 32.1 Å². The van der Waals surface area contributed by atoms with Crippen LogP contribution in [0.5, 0.6) is 0 Å². The lowest BCUT2D eigenvalue weighted by atomic mass is 9.84. The maximum Gasteiger partial charge on any atom is 0.126 e. The molecule has 144 valence electrons. The van der Waals surface area contributed by atoms with Crippen LogP contribution in [0.2, 0.25) is 0 Å². The molecule has 0 spiro atoms. The minimum absolute atomic E-state index is 0.602. The zero-order chi connectivity index (χ0) is 18.3. The fourth-order valence-electron chi connectivity index (χ4n) is 4.49. The second kappa shape index (κ2) is 9.23. The highest BCUT2D eigenvalue weighted by Crippen LogP contribution is 2.29. The number of piperazine rings is 1. The summed E-state index contributed by atoms with van der Waals surface area (Å²) in [5.74, 6) is 1.93. The molecule has 2 aliphatic rings. The number of nitrogens with one attached hydrogen (secondary N) is 1. The van der Waals surface area contributed by atoms with Crippen LogP contribution in [-0.2, 0) is 0 Å². The standard InChI is InChI=1S/C23H32N4/c1-2-6-22(7-3-1)27-18-16-26(17-19-27)15-13-20-9-11-21(12-10-20)25-23-8-4-5-14-24-23/h1-8,14,20-21H,9-13,15-19H2,(H,24,25). The van der Waals surface area contributed by atoms with Gasteiger partial charge in [0.2, 0.25) is 0 Å². The molecule has 4 nitrogen and oxygen atoms in total. The Kier molecular flexibility index (Phi) is 6.25. The lowest BCUT2D eigenvalue weighted by Gasteiger charge is -2.37. The number of hydrogen-bond acceptors (Lipinski definition) is 4. The molecule has 1 N–H and O–H groups in total. The third kappa shape index (κ3) is 5.23. The minimum atomic E-state index is 0.602. The van der Waals surface area contributed by atoms with Gasteiger partial charge in [0.05, 0.1) is 0 Å². The molecule has 2 fully saturated rings. The second-order valence-corrected chi connectivity index (χ2v) is 8.03. The lowest BCUT2D eigenvalue weighted by molar-refractivity contribution is 0.218. The predicted octanol–water partition coefficient (Wildman–Crippen LogP) is 4.26. The van der Waals surface area contributed by atoms with E-state index in [1.807, 2.05) is 12.3 Å². The molecule has 4 rings (SSSR count). The first-order valence-corrected chi connectivity index (χ1v) is 10.6. The SMILES string of the molecule is c1ccc(N2CCN(CCC3CCC(Nc4ccccn4)CC3)CC2)cc1. The molecule has 0 amide bonds. The first-order valence-electron chi connectivity index (χ1n) is 10.6. The molecule has 1 aliphatic heterocycles. The van der Waals surface area contributed by atoms with Crippen molar-refractivity contribution in [3.8, 4) is 0 Å². The fourth-order valence-corrected chi connectivity index (χ4v) is 4.49. The number of nitrogens with zero attached hydrogens (tertiary/aromatic N) is 3. The number of para-hydroxylation sites is 1. The minimum Gasteiger partial charge on any atom is -0.369 e. The van der Waals surface area contributed by atoms with Gasteiger partial charge >= 0.3 is 0 Å². The molecule has 1 aromatic heterocycles. The van der Waals surface area contributed by atoms with Crippen LogP contribution in [0.4, 0.5) is 11.5 Å². The average molecular weight is 365 g/mol. The van der Waals surface area contributed by atoms with Crippen LogP contribution in [0.3, 0.4) is 0 Å². The van der Waals surface area contributed by atoms with Crippen molar-refractivity contribution in [1.29, 1.82) is 0 Å². The van der Waals surface area contributed by atoms with Crippen molar-refractivity contribution in [2.75, 3.05) is 42.9 Å². The van der Waals surface area contributed by atoms with Crippen molar-refractivity contribution in [3.63, 3.8) is 0 Å². The van der Waals surface area contributed by atoms with Gasteiger partial charge in [-0.05, 0) is 68.8 Å². The van der Waals surface area contributed by atoms with E-state index in [0.29, 0.717) is 6.04 Å². The van der Waals surface area contributed by atoms with Crippen LogP contribution in [-0.4, -0.2) is 48.6 Å². The Morgan fingerprint density at radius 1 is 0.852 bits per heavy atom. The zero-order valence-electron chi connectivity index (χ0n) is 16.3. The van der Waals surface area contributed by atoms with Gasteiger partial charge in [-0.25, -0.2) is 4.98 Å². The molecule has 1 aromatic carbocycles. The van der Waals surface area contributed by atoms with Crippen molar-refractivity contribution in [1.82, 2.24) is 9.88 Å². The lowest BCUT2D eigenvalue weighted by Crippen LogP contribution is -2.47. The van der Waals surface area contributed by atoms with Crippen molar-refractivity contribution in [2.45, 2.75) is 38.1 Å². The summed E-state index contributed by atoms with van der Waals surface area (Å²) in [6.45, 7) is 5.98. The van der Waals surface area contributed by atoms with Crippen molar-refractivity contribution >= 4 is 11.5 Å². The zero-order valence-corrected chi connectivity index (χ0v) is 16.3. The van der Waals surface area contributed by atoms with E-state index < -0.39 is 0 Å². The molecule has 1 aliphatic carbocycles. The summed E-state index contributed by atoms with van der Waals surface area (Å²) in [7, 11) is 0. The van der Waals surface area contributed by atoms with E-state index in [1.54, 1.807) is 0 Å². The van der Waals surface area contributed by atoms with Crippen molar-refractivity contribution in [3.05, 3.63) is 54.7 Å². The van der Waals surface area contributed by atoms with Gasteiger partial charge in [0.25, 0.3) is 0 Å². The molecule has 0 unspecified atom stereocenters. The van der Waals surface area contributed by atoms with Gasteiger partial charge in [-0.2, -0.15) is 0 Å². The molecule has 1 saturated carbocycles. The third-order valence-electron chi connectivity index (χ3n) is 6.21. The van der Waals surface area contributed by atoms with E-state index in [1.165, 1.54) is 57.4 Å². The van der Waals surface area contributed by atoms with E-state index in [4.69, 9.17) is 0 Å². The summed E-state index contributed by atoms with van der Waals surface area (Å²) in [5.41, 5.74) is 1.37. The first-order chi connectivity index (χ1) is 13.4. The summed E-state index contributed by atoms with van der Waals surface area (Å²) in [6.07, 6.45) is 8.50. The molecule has 27 heavy (non-hydrogen) atoms. The quantitative estimate of drug-likeness (QED) is 0.830. The van der Waals surface area contributed by atoms with Crippen LogP contribution in [0.15, 0.2) is 54.7 Å². The van der Waals surface area contributed by atoms with E-state index in [9.17, 15) is 0 Å². The van der Waals surface area contributed by atoms with Gasteiger partial charge < -0.3 is 10.2 Å². The van der Waals surface area contributed by atoms with E-state index >= 15 is 0 Å². The number of aromatic nitrogens is 1. The second-order valence-electron chi connectivity index (χ2n) is 8.03. The molecule has 4 heteroatoms. The molecule has 2 heterocycles. The normalized spacial score (nSPS) is 23.9. The Hall–Kier alpha value is -2.07. The van der Waals surface area contributed by atoms with E-state index in [2.05, 4.69) is 62.6 Å². The Labute approximate surface area is 163 Å². The topological polar surface area (TPSA) is 31.4 Å². The summed E-state index contributed by atoms with van der Waals surface area (Å²) in [6, 6.07) is 17.5. The Bertz CT molecular complexity index is 659. The van der Waals surface area contributed by atoms with Crippen LogP contribution >= 0.6 is 0 Å². The van der Waals surface area contributed by atoms with E-state index in [0.717, 1.165) is 24.8 Å². The first kappa shape index (κ1) is 18.3. The van der Waals surface area contributed by atoms with Gasteiger partial charge in [0.15, 0.2) is 0 Å². The Balaban J connectivity index is 1.14. The number of benzene rings is 1. The number of anilines is 2. The van der Waals surface area contributed by atoms with Crippen LogP contribution < -0.4 is 10.2 Å². The molecule has 0 bridgehead atoms. The summed E-state index contributed by atoms with van der Waals surface area (Å²) in [4.78, 5) is 9.58. The van der Waals surface area contributed by atoms with Crippen molar-refractivity contribution in [2.24, 2.45) is 5.92 Å². The Morgan fingerprint density at radius 2 is 1.59 bits per heavy atom. The highest BCUT2D eigenvalue weighted by molar-refractivity contribution is 5.46. The molecular formula is C23H32N4. The predicted molar refractivity (Wildman–Crippen MR) is 113 cm³/mol. The summed E-state index contributed by atoms with van der Waals surface area (Å²) >= 11 is 0. The average Bonchev–Trinajstić information content (AvgIpc) is 2.75. The monoisotopic (exact) mass is 364 g/mol. The van der Waals surface area contributed by atoms with Gasteiger partial charge in [0.1, 0.15) is 5.82 Å². The molecular weight excluding hydrogens is 332 g/mol. The molecule has 0 radical (unpaired) electrons. The smallest absolute Gasteiger partial charge is 0.126 e. The van der Waals surface area contributed by atoms with Crippen LogP contribution in [0.25, 0.3) is 0 Å². The molecule has 0 atom stereocenters. The van der Waals surface area contributed by atoms with Gasteiger partial charge in [-0.15, -0.1) is 0 Å². The maximum atomic E-state index is 4.40. The van der Waals surface area contributed by atoms with Crippen LogP contribution in [0, 0.1) is 5.92 Å². The highest BCUT2D eigenvalue weighted by Gasteiger charge is 2.23. The number of pyridine rings is 1. The largest absolute Gasteiger partial charge is 0.369 e. The molecule has 2 aromatic rings. The van der Waals surface area contributed by atoms with Gasteiger partial charge in [0, 0.05) is 44.1 Å². The van der Waals surface area contributed by atoms with Crippen molar-refractivity contribution < 1.29 is 0 Å². The van der Waals surface area contributed by atoms with Gasteiger partial charge in [-0.1, -0.05) is 24.3 Å². The summed E-state index contributed by atoms with van der Waals surface area (Å²) < 4.78 is 0. The number of hydrogen-bond donors (Lipinski definition) is 1. The highest BCUT2D eigenvalue weighted by atomic mass is 15.3.